The average molecular weight is 412 g/mol. The molecule has 6 heteroatoms. The first-order valence-corrected chi connectivity index (χ1v) is 10.6. The number of aromatic nitrogens is 3. The van der Waals surface area contributed by atoms with Gasteiger partial charge in [-0.15, -0.1) is 0 Å². The highest BCUT2D eigenvalue weighted by atomic mass is 16.5. The number of pyridine rings is 1. The molecule has 156 valence electrons. The van der Waals surface area contributed by atoms with Gasteiger partial charge in [-0.2, -0.15) is 0 Å². The number of carbonyl (C=O) groups excluding carboxylic acids is 1. The first-order chi connectivity index (χ1) is 15.2. The molecule has 1 N–H and O–H groups in total. The molecule has 1 aliphatic heterocycles. The first kappa shape index (κ1) is 19.3. The van der Waals surface area contributed by atoms with Crippen LogP contribution < -0.4 is 4.74 Å². The normalized spacial score (nSPS) is 18.8. The minimum Gasteiger partial charge on any atom is -0.488 e. The zero-order valence-corrected chi connectivity index (χ0v) is 17.4. The van der Waals surface area contributed by atoms with Crippen LogP contribution in [0.15, 0.2) is 73.3 Å². The fraction of sp³-hybridized carbons (Fsp3) is 0.240. The van der Waals surface area contributed by atoms with Crippen LogP contribution in [0.1, 0.15) is 30.1 Å². The highest BCUT2D eigenvalue weighted by Gasteiger charge is 2.32. The van der Waals surface area contributed by atoms with E-state index in [0.29, 0.717) is 17.9 Å². The molecule has 2 aromatic heterocycles. The largest absolute Gasteiger partial charge is 0.488 e. The molecule has 6 nitrogen and oxygen atoms in total. The number of H-pyrrole nitrogens is 1. The number of amides is 1. The second kappa shape index (κ2) is 8.22. The summed E-state index contributed by atoms with van der Waals surface area (Å²) in [5.41, 5.74) is 1.46. The number of rotatable bonds is 4. The van der Waals surface area contributed by atoms with Crippen LogP contribution in [0.25, 0.3) is 22.2 Å². The van der Waals surface area contributed by atoms with Gasteiger partial charge in [0.25, 0.3) is 5.91 Å². The predicted octanol–water partition coefficient (Wildman–Crippen LogP) is 4.70. The van der Waals surface area contributed by atoms with E-state index in [1.54, 1.807) is 18.6 Å². The van der Waals surface area contributed by atoms with Crippen LogP contribution in [0.2, 0.25) is 0 Å². The molecule has 31 heavy (non-hydrogen) atoms. The molecule has 2 atom stereocenters. The Balaban J connectivity index is 1.40. The van der Waals surface area contributed by atoms with Gasteiger partial charge in [0.05, 0.1) is 12.1 Å². The Labute approximate surface area is 180 Å². The monoisotopic (exact) mass is 412 g/mol. The summed E-state index contributed by atoms with van der Waals surface area (Å²) in [6, 6.07) is 15.8. The van der Waals surface area contributed by atoms with Crippen molar-refractivity contribution in [3.8, 4) is 17.1 Å². The van der Waals surface area contributed by atoms with Gasteiger partial charge in [0.2, 0.25) is 0 Å². The number of nitrogens with zero attached hydrogens (tertiary/aromatic N) is 3. The lowest BCUT2D eigenvalue weighted by molar-refractivity contribution is 0.0389. The van der Waals surface area contributed by atoms with E-state index in [1.165, 1.54) is 0 Å². The van der Waals surface area contributed by atoms with Crippen LogP contribution in [0.5, 0.6) is 5.75 Å². The Morgan fingerprint density at radius 2 is 2.00 bits per heavy atom. The molecule has 1 saturated heterocycles. The van der Waals surface area contributed by atoms with E-state index >= 15 is 0 Å². The smallest absolute Gasteiger partial charge is 0.254 e. The number of nitrogens with one attached hydrogen (secondary N) is 1. The highest BCUT2D eigenvalue weighted by molar-refractivity contribution is 6.00. The van der Waals surface area contributed by atoms with E-state index in [2.05, 4.69) is 21.9 Å². The number of imidazole rings is 1. The van der Waals surface area contributed by atoms with Gasteiger partial charge in [0, 0.05) is 41.8 Å². The standard InChI is InChI=1S/C25H24N4O2/c1-17-9-10-19(31-23-8-4-5-18-11-12-26-15-22(18)23)16-29(17)25(30)21-7-3-2-6-20(21)24-27-13-14-28-24/h2-8,11-15,17,19H,9-10,16H2,1H3,(H,27,28). The van der Waals surface area contributed by atoms with Gasteiger partial charge in [0.15, 0.2) is 0 Å². The number of likely N-dealkylation sites (tertiary alicyclic amines) is 1. The van der Waals surface area contributed by atoms with E-state index in [1.807, 2.05) is 59.6 Å². The van der Waals surface area contributed by atoms with Crippen LogP contribution in [-0.4, -0.2) is 44.4 Å². The Hall–Kier alpha value is -3.67. The van der Waals surface area contributed by atoms with Crippen LogP contribution in [0.4, 0.5) is 0 Å². The molecule has 0 aliphatic carbocycles. The number of piperidine rings is 1. The zero-order chi connectivity index (χ0) is 21.2. The molecular formula is C25H24N4O2. The minimum absolute atomic E-state index is 0.00684. The summed E-state index contributed by atoms with van der Waals surface area (Å²) in [6.45, 7) is 2.65. The fourth-order valence-electron chi connectivity index (χ4n) is 4.26. The van der Waals surface area contributed by atoms with E-state index < -0.39 is 0 Å². The number of benzene rings is 2. The summed E-state index contributed by atoms with van der Waals surface area (Å²) in [6.07, 6.45) is 8.81. The average Bonchev–Trinajstić information content (AvgIpc) is 3.35. The highest BCUT2D eigenvalue weighted by Crippen LogP contribution is 2.30. The summed E-state index contributed by atoms with van der Waals surface area (Å²) in [5, 5.41) is 2.08. The van der Waals surface area contributed by atoms with Crippen molar-refractivity contribution >= 4 is 16.7 Å². The van der Waals surface area contributed by atoms with E-state index in [0.717, 1.165) is 34.9 Å². The molecule has 5 rings (SSSR count). The van der Waals surface area contributed by atoms with Gasteiger partial charge in [-0.25, -0.2) is 4.98 Å². The molecule has 2 aromatic carbocycles. The number of hydrogen-bond donors (Lipinski definition) is 1. The van der Waals surface area contributed by atoms with Gasteiger partial charge < -0.3 is 14.6 Å². The number of hydrogen-bond acceptors (Lipinski definition) is 4. The van der Waals surface area contributed by atoms with Crippen molar-refractivity contribution in [3.05, 3.63) is 78.9 Å². The number of aromatic amines is 1. The predicted molar refractivity (Wildman–Crippen MR) is 120 cm³/mol. The molecule has 0 radical (unpaired) electrons. The van der Waals surface area contributed by atoms with E-state index in [4.69, 9.17) is 4.74 Å². The summed E-state index contributed by atoms with van der Waals surface area (Å²) >= 11 is 0. The molecule has 0 bridgehead atoms. The summed E-state index contributed by atoms with van der Waals surface area (Å²) in [4.78, 5) is 27.2. The number of fused-ring (bicyclic) bond motifs is 1. The third-order valence-corrected chi connectivity index (χ3v) is 5.95. The van der Waals surface area contributed by atoms with Crippen molar-refractivity contribution < 1.29 is 9.53 Å². The second-order valence-corrected chi connectivity index (χ2v) is 7.96. The van der Waals surface area contributed by atoms with Crippen LogP contribution in [0, 0.1) is 0 Å². The summed E-state index contributed by atoms with van der Waals surface area (Å²) < 4.78 is 6.38. The van der Waals surface area contributed by atoms with Crippen LogP contribution >= 0.6 is 0 Å². The SMILES string of the molecule is CC1CCC(Oc2cccc3ccncc23)CN1C(=O)c1ccccc1-c1ncc[nH]1. The van der Waals surface area contributed by atoms with Crippen molar-refractivity contribution in [1.29, 1.82) is 0 Å². The topological polar surface area (TPSA) is 71.1 Å². The lowest BCUT2D eigenvalue weighted by Gasteiger charge is -2.38. The Morgan fingerprint density at radius 1 is 1.10 bits per heavy atom. The Morgan fingerprint density at radius 3 is 2.87 bits per heavy atom. The van der Waals surface area contributed by atoms with E-state index in [-0.39, 0.29) is 18.1 Å². The molecule has 1 fully saturated rings. The fourth-order valence-corrected chi connectivity index (χ4v) is 4.26. The lowest BCUT2D eigenvalue weighted by Crippen LogP contribution is -2.49. The number of carbonyl (C=O) groups is 1. The lowest BCUT2D eigenvalue weighted by atomic mass is 9.98. The van der Waals surface area contributed by atoms with Gasteiger partial charge in [0.1, 0.15) is 17.7 Å². The summed E-state index contributed by atoms with van der Waals surface area (Å²) in [7, 11) is 0. The number of ether oxygens (including phenoxy) is 1. The van der Waals surface area contributed by atoms with Crippen LogP contribution in [-0.2, 0) is 0 Å². The van der Waals surface area contributed by atoms with Crippen molar-refractivity contribution in [3.63, 3.8) is 0 Å². The molecule has 1 amide bonds. The first-order valence-electron chi connectivity index (χ1n) is 10.6. The third-order valence-electron chi connectivity index (χ3n) is 5.95. The molecular weight excluding hydrogens is 388 g/mol. The maximum atomic E-state index is 13.6. The van der Waals surface area contributed by atoms with Crippen LogP contribution in [0.3, 0.4) is 0 Å². The molecule has 4 aromatic rings. The maximum absolute atomic E-state index is 13.6. The minimum atomic E-state index is -0.0678. The van der Waals surface area contributed by atoms with Crippen molar-refractivity contribution in [2.45, 2.75) is 31.9 Å². The molecule has 1 aliphatic rings. The molecule has 0 spiro atoms. The molecule has 3 heterocycles. The van der Waals surface area contributed by atoms with Crippen molar-refractivity contribution in [2.24, 2.45) is 0 Å². The van der Waals surface area contributed by atoms with Gasteiger partial charge in [-0.3, -0.25) is 9.78 Å². The quantitative estimate of drug-likeness (QED) is 0.528. The maximum Gasteiger partial charge on any atom is 0.254 e. The van der Waals surface area contributed by atoms with Gasteiger partial charge in [-0.1, -0.05) is 30.3 Å². The van der Waals surface area contributed by atoms with Gasteiger partial charge in [-0.05, 0) is 43.4 Å². The summed E-state index contributed by atoms with van der Waals surface area (Å²) in [5.74, 6) is 1.52. The second-order valence-electron chi connectivity index (χ2n) is 7.96. The molecule has 0 saturated carbocycles. The van der Waals surface area contributed by atoms with E-state index in [9.17, 15) is 4.79 Å². The van der Waals surface area contributed by atoms with Crippen molar-refractivity contribution in [1.82, 2.24) is 19.9 Å². The Kier molecular flexibility index (Phi) is 5.12. The van der Waals surface area contributed by atoms with Gasteiger partial charge >= 0.3 is 0 Å². The molecule has 2 unspecified atom stereocenters. The third kappa shape index (κ3) is 3.77. The van der Waals surface area contributed by atoms with Crippen molar-refractivity contribution in [2.75, 3.05) is 6.54 Å². The Bertz CT molecular complexity index is 1200. The zero-order valence-electron chi connectivity index (χ0n) is 17.4.